The summed E-state index contributed by atoms with van der Waals surface area (Å²) in [4.78, 5) is 12.6. The van der Waals surface area contributed by atoms with Gasteiger partial charge in [-0.3, -0.25) is 4.79 Å². The van der Waals surface area contributed by atoms with E-state index in [0.717, 1.165) is 22.6 Å². The van der Waals surface area contributed by atoms with E-state index in [1.165, 1.54) is 0 Å². The molecule has 7 nitrogen and oxygen atoms in total. The van der Waals surface area contributed by atoms with Gasteiger partial charge in [0.1, 0.15) is 23.1 Å². The number of rotatable bonds is 10. The van der Waals surface area contributed by atoms with Crippen LogP contribution in [0.1, 0.15) is 24.5 Å². The van der Waals surface area contributed by atoms with Crippen molar-refractivity contribution in [2.24, 2.45) is 0 Å². The Morgan fingerprint density at radius 3 is 2.70 bits per heavy atom. The maximum Gasteiger partial charge on any atom is 0.261 e. The second kappa shape index (κ2) is 11.7. The topological polar surface area (TPSA) is 89.2 Å². The van der Waals surface area contributed by atoms with Crippen molar-refractivity contribution >= 4 is 12.0 Å². The van der Waals surface area contributed by atoms with Gasteiger partial charge in [-0.25, -0.2) is 4.68 Å². The van der Waals surface area contributed by atoms with E-state index in [-0.39, 0.29) is 5.57 Å². The van der Waals surface area contributed by atoms with Gasteiger partial charge in [0.05, 0.1) is 12.3 Å². The van der Waals surface area contributed by atoms with E-state index >= 15 is 0 Å². The van der Waals surface area contributed by atoms with Gasteiger partial charge in [-0.1, -0.05) is 18.2 Å². The zero-order valence-electron chi connectivity index (χ0n) is 19.2. The van der Waals surface area contributed by atoms with E-state index in [1.807, 2.05) is 74.6 Å². The highest BCUT2D eigenvalue weighted by molar-refractivity contribution is 6.02. The number of carbonyl (C=O) groups excluding carboxylic acids is 1. The van der Waals surface area contributed by atoms with E-state index in [4.69, 9.17) is 14.6 Å². The van der Waals surface area contributed by atoms with Crippen molar-refractivity contribution in [1.29, 1.82) is 5.26 Å². The summed E-state index contributed by atoms with van der Waals surface area (Å²) >= 11 is 0. The van der Waals surface area contributed by atoms with Crippen LogP contribution in [0.15, 0.2) is 60.3 Å². The summed E-state index contributed by atoms with van der Waals surface area (Å²) < 4.78 is 12.4. The molecule has 7 heteroatoms. The molecule has 0 radical (unpaired) electrons. The minimum absolute atomic E-state index is 0.0175. The summed E-state index contributed by atoms with van der Waals surface area (Å²) in [6, 6.07) is 17.6. The molecule has 0 aliphatic rings. The Bertz CT molecular complexity index is 1160. The third-order valence-corrected chi connectivity index (χ3v) is 4.99. The Labute approximate surface area is 194 Å². The molecule has 0 spiro atoms. The summed E-state index contributed by atoms with van der Waals surface area (Å²) in [6.45, 7) is 5.48. The fraction of sp³-hybridized carbons (Fsp3) is 0.269. The number of aryl methyl sites for hydroxylation is 1. The van der Waals surface area contributed by atoms with Crippen LogP contribution in [0.4, 0.5) is 0 Å². The van der Waals surface area contributed by atoms with Gasteiger partial charge in [-0.05, 0) is 62.2 Å². The number of nitrogens with zero attached hydrogens (tertiary/aromatic N) is 3. The highest BCUT2D eigenvalue weighted by Gasteiger charge is 2.16. The molecule has 33 heavy (non-hydrogen) atoms. The normalized spacial score (nSPS) is 11.2. The molecule has 1 amide bonds. The first-order valence-corrected chi connectivity index (χ1v) is 10.8. The van der Waals surface area contributed by atoms with Gasteiger partial charge in [0.15, 0.2) is 0 Å². The number of ether oxygens (including phenoxy) is 2. The summed E-state index contributed by atoms with van der Waals surface area (Å²) in [5.74, 6) is 0.392. The molecule has 2 aromatic carbocycles. The number of methoxy groups -OCH3 is 1. The van der Waals surface area contributed by atoms with E-state index in [0.29, 0.717) is 37.4 Å². The Hall–Kier alpha value is -3.89. The van der Waals surface area contributed by atoms with Gasteiger partial charge in [-0.2, -0.15) is 10.4 Å². The third-order valence-electron chi connectivity index (χ3n) is 4.99. The lowest BCUT2D eigenvalue weighted by Crippen LogP contribution is -2.26. The van der Waals surface area contributed by atoms with Crippen LogP contribution < -0.4 is 10.1 Å². The Kier molecular flexibility index (Phi) is 8.39. The quantitative estimate of drug-likeness (QED) is 0.286. The summed E-state index contributed by atoms with van der Waals surface area (Å²) in [5.41, 5.74) is 4.09. The highest BCUT2D eigenvalue weighted by atomic mass is 16.5. The van der Waals surface area contributed by atoms with Gasteiger partial charge in [0, 0.05) is 37.6 Å². The van der Waals surface area contributed by atoms with Crippen molar-refractivity contribution in [2.75, 3.05) is 26.9 Å². The molecule has 0 atom stereocenters. The maximum atomic E-state index is 12.6. The zero-order valence-corrected chi connectivity index (χ0v) is 19.2. The predicted molar refractivity (Wildman–Crippen MR) is 128 cm³/mol. The number of para-hydroxylation sites is 1. The minimum Gasteiger partial charge on any atom is -0.494 e. The zero-order chi connectivity index (χ0) is 23.6. The van der Waals surface area contributed by atoms with Crippen LogP contribution in [0.25, 0.3) is 23.0 Å². The minimum atomic E-state index is -0.421. The second-order valence-corrected chi connectivity index (χ2v) is 7.40. The molecule has 0 aliphatic heterocycles. The number of hydrogen-bond acceptors (Lipinski definition) is 5. The molecule has 0 saturated carbocycles. The first kappa shape index (κ1) is 23.8. The van der Waals surface area contributed by atoms with Crippen molar-refractivity contribution < 1.29 is 14.3 Å². The molecular formula is C26H28N4O3. The van der Waals surface area contributed by atoms with Crippen molar-refractivity contribution in [1.82, 2.24) is 15.1 Å². The van der Waals surface area contributed by atoms with Crippen LogP contribution in [0.2, 0.25) is 0 Å². The average Bonchev–Trinajstić information content (AvgIpc) is 3.26. The average molecular weight is 445 g/mol. The number of benzene rings is 2. The molecule has 3 aromatic rings. The van der Waals surface area contributed by atoms with E-state index in [9.17, 15) is 10.1 Å². The Morgan fingerprint density at radius 1 is 1.24 bits per heavy atom. The lowest BCUT2D eigenvalue weighted by atomic mass is 10.0. The van der Waals surface area contributed by atoms with Crippen molar-refractivity contribution in [3.8, 4) is 28.8 Å². The number of nitrogens with one attached hydrogen (secondary N) is 1. The summed E-state index contributed by atoms with van der Waals surface area (Å²) in [7, 11) is 1.61. The molecule has 170 valence electrons. The van der Waals surface area contributed by atoms with Crippen molar-refractivity contribution in [3.05, 3.63) is 71.4 Å². The van der Waals surface area contributed by atoms with Crippen molar-refractivity contribution in [2.45, 2.75) is 20.3 Å². The van der Waals surface area contributed by atoms with Crippen LogP contribution in [0.5, 0.6) is 5.75 Å². The first-order chi connectivity index (χ1) is 16.1. The number of carbonyl (C=O) groups is 1. The largest absolute Gasteiger partial charge is 0.494 e. The smallest absolute Gasteiger partial charge is 0.261 e. The molecule has 1 heterocycles. The van der Waals surface area contributed by atoms with Crippen molar-refractivity contribution in [3.63, 3.8) is 0 Å². The number of nitriles is 1. The fourth-order valence-corrected chi connectivity index (χ4v) is 3.36. The van der Waals surface area contributed by atoms with Gasteiger partial charge < -0.3 is 14.8 Å². The Balaban J connectivity index is 2.01. The molecule has 0 saturated heterocycles. The van der Waals surface area contributed by atoms with E-state index in [1.54, 1.807) is 17.9 Å². The van der Waals surface area contributed by atoms with Crippen LogP contribution in [-0.4, -0.2) is 42.6 Å². The standard InChI is InChI=1S/C26H28N4O3/c1-4-33-24-12-11-20(15-19(24)2)25-22(18-30(29-25)23-9-6-5-7-10-23)16-21(17-27)26(31)28-13-8-14-32-3/h5-7,9-12,15-16,18H,4,8,13-14H2,1-3H3,(H,28,31). The SMILES string of the molecule is CCOc1ccc(-c2nn(-c3ccccc3)cc2C=C(C#N)C(=O)NCCCOC)cc1C. The summed E-state index contributed by atoms with van der Waals surface area (Å²) in [5, 5.41) is 17.2. The lowest BCUT2D eigenvalue weighted by Gasteiger charge is -2.09. The molecule has 0 bridgehead atoms. The summed E-state index contributed by atoms with van der Waals surface area (Å²) in [6.07, 6.45) is 4.08. The molecule has 1 aromatic heterocycles. The maximum absolute atomic E-state index is 12.6. The monoisotopic (exact) mass is 444 g/mol. The van der Waals surface area contributed by atoms with Gasteiger partial charge in [-0.15, -0.1) is 0 Å². The van der Waals surface area contributed by atoms with Crippen LogP contribution in [0.3, 0.4) is 0 Å². The van der Waals surface area contributed by atoms with Crippen LogP contribution in [-0.2, 0) is 9.53 Å². The van der Waals surface area contributed by atoms with Gasteiger partial charge >= 0.3 is 0 Å². The lowest BCUT2D eigenvalue weighted by molar-refractivity contribution is -0.117. The van der Waals surface area contributed by atoms with E-state index < -0.39 is 5.91 Å². The molecule has 0 aliphatic carbocycles. The fourth-order valence-electron chi connectivity index (χ4n) is 3.36. The Morgan fingerprint density at radius 2 is 2.03 bits per heavy atom. The van der Waals surface area contributed by atoms with Gasteiger partial charge in [0.2, 0.25) is 0 Å². The highest BCUT2D eigenvalue weighted by Crippen LogP contribution is 2.29. The second-order valence-electron chi connectivity index (χ2n) is 7.40. The first-order valence-electron chi connectivity index (χ1n) is 10.8. The van der Waals surface area contributed by atoms with Gasteiger partial charge in [0.25, 0.3) is 5.91 Å². The number of hydrogen-bond donors (Lipinski definition) is 1. The molecule has 3 rings (SSSR count). The predicted octanol–water partition coefficient (Wildman–Crippen LogP) is 4.31. The van der Waals surface area contributed by atoms with E-state index in [2.05, 4.69) is 5.32 Å². The molecule has 1 N–H and O–H groups in total. The number of amides is 1. The van der Waals surface area contributed by atoms with Crippen LogP contribution >= 0.6 is 0 Å². The molecule has 0 fully saturated rings. The number of aromatic nitrogens is 2. The van der Waals surface area contributed by atoms with Crippen LogP contribution in [0, 0.1) is 18.3 Å². The third kappa shape index (κ3) is 6.09. The molecule has 0 unspecified atom stereocenters. The molecular weight excluding hydrogens is 416 g/mol.